The van der Waals surface area contributed by atoms with E-state index in [2.05, 4.69) is 15.4 Å². The highest BCUT2D eigenvalue weighted by Gasteiger charge is 2.48. The van der Waals surface area contributed by atoms with Gasteiger partial charge in [0.2, 0.25) is 0 Å². The number of hydrogen-bond donors (Lipinski definition) is 1. The van der Waals surface area contributed by atoms with Gasteiger partial charge in [0.25, 0.3) is 5.91 Å². The number of hydrogen-bond acceptors (Lipinski definition) is 6. The van der Waals surface area contributed by atoms with E-state index in [0.29, 0.717) is 11.3 Å². The van der Waals surface area contributed by atoms with Crippen LogP contribution in [0.15, 0.2) is 103 Å². The molecule has 0 saturated heterocycles. The molecule has 47 heavy (non-hydrogen) atoms. The fraction of sp³-hybridized carbons (Fsp3) is 0.229. The number of nitrogens with zero attached hydrogens (tertiary/aromatic N) is 3. The third-order valence-electron chi connectivity index (χ3n) is 7.44. The van der Waals surface area contributed by atoms with Gasteiger partial charge in [0.15, 0.2) is 0 Å². The van der Waals surface area contributed by atoms with E-state index in [-0.39, 0.29) is 36.8 Å². The Morgan fingerprint density at radius 2 is 1.68 bits per heavy atom. The molecule has 1 N–H and O–H groups in total. The Morgan fingerprint density at radius 3 is 2.36 bits per heavy atom. The molecule has 0 aliphatic carbocycles. The smallest absolute Gasteiger partial charge is 0.312 e. The molecule has 0 spiro atoms. The van der Waals surface area contributed by atoms with E-state index in [1.165, 1.54) is 79.7 Å². The van der Waals surface area contributed by atoms with Crippen molar-refractivity contribution in [1.29, 1.82) is 0 Å². The molecule has 0 fully saturated rings. The first kappa shape index (κ1) is 33.5. The van der Waals surface area contributed by atoms with Crippen LogP contribution < -0.4 is 5.32 Å². The van der Waals surface area contributed by atoms with E-state index in [1.54, 1.807) is 0 Å². The van der Waals surface area contributed by atoms with Gasteiger partial charge in [-0.1, -0.05) is 42.5 Å². The summed E-state index contributed by atoms with van der Waals surface area (Å²) in [5, 5.41) is 6.84. The molecule has 5 aromatic rings. The van der Waals surface area contributed by atoms with Crippen molar-refractivity contribution in [3.63, 3.8) is 0 Å². The van der Waals surface area contributed by atoms with Crippen LogP contribution in [0.1, 0.15) is 21.6 Å². The second-order valence-corrected chi connectivity index (χ2v) is 10.6. The fourth-order valence-corrected chi connectivity index (χ4v) is 5.11. The number of carbonyl (C=O) groups excluding carboxylic acids is 1. The number of pyridine rings is 1. The van der Waals surface area contributed by atoms with Crippen molar-refractivity contribution in [1.82, 2.24) is 20.1 Å². The summed E-state index contributed by atoms with van der Waals surface area (Å²) in [4.78, 5) is 17.7. The molecule has 0 radical (unpaired) electrons. The van der Waals surface area contributed by atoms with E-state index in [0.717, 1.165) is 17.7 Å². The zero-order chi connectivity index (χ0) is 33.4. The van der Waals surface area contributed by atoms with Gasteiger partial charge >= 0.3 is 5.92 Å². The average Bonchev–Trinajstić information content (AvgIpc) is 3.50. The van der Waals surface area contributed by atoms with Gasteiger partial charge in [0.1, 0.15) is 36.2 Å². The number of nitrogens with one attached hydrogen (secondary N) is 1. The zero-order valence-corrected chi connectivity index (χ0v) is 25.6. The molecule has 0 saturated carbocycles. The Bertz CT molecular complexity index is 1770. The number of benzene rings is 3. The topological polar surface area (TPSA) is 87.5 Å². The molecular formula is C35H32F4N4O4. The Hall–Kier alpha value is -4.91. The van der Waals surface area contributed by atoms with Crippen LogP contribution in [0.3, 0.4) is 0 Å². The molecule has 2 aromatic heterocycles. The predicted molar refractivity (Wildman–Crippen MR) is 166 cm³/mol. The van der Waals surface area contributed by atoms with Crippen molar-refractivity contribution in [2.75, 3.05) is 20.8 Å². The van der Waals surface area contributed by atoms with Gasteiger partial charge in [-0.05, 0) is 60.2 Å². The van der Waals surface area contributed by atoms with Crippen molar-refractivity contribution in [2.45, 2.75) is 31.4 Å². The van der Waals surface area contributed by atoms with Gasteiger partial charge in [-0.25, -0.2) is 13.5 Å². The number of halogens is 4. The van der Waals surface area contributed by atoms with E-state index in [1.807, 2.05) is 30.3 Å². The van der Waals surface area contributed by atoms with Crippen LogP contribution in [-0.4, -0.2) is 53.6 Å². The van der Waals surface area contributed by atoms with Crippen molar-refractivity contribution in [3.8, 4) is 22.5 Å². The second kappa shape index (κ2) is 15.1. The Labute approximate surface area is 268 Å². The molecule has 5 rings (SSSR count). The first-order chi connectivity index (χ1) is 22.7. The molecule has 12 heteroatoms. The first-order valence-corrected chi connectivity index (χ1v) is 14.6. The fourth-order valence-electron chi connectivity index (χ4n) is 5.11. The standard InChI is InChI=1S/C35H32F4N4O4/c1-45-22-43-29(24-14-16-25(36)17-15-24)19-28(42-43)32-26(11-8-12-27(32)37)34(44)41-33(35(38,39)31-13-6-7-18-40-31)30(46-2)21-47-20-23-9-4-3-5-10-23/h3-19,30,33H,20-22H2,1-2H3,(H,41,44)/t30-,33+/m1/s1. The number of carbonyl (C=O) groups is 1. The number of ether oxygens (including phenoxy) is 3. The molecule has 0 aliphatic rings. The Kier molecular flexibility index (Phi) is 10.8. The van der Waals surface area contributed by atoms with Crippen molar-refractivity contribution in [3.05, 3.63) is 132 Å². The summed E-state index contributed by atoms with van der Waals surface area (Å²) in [6, 6.07) is 22.0. The molecule has 0 aliphatic heterocycles. The SMILES string of the molecule is COCn1nc(-c2c(F)cccc2C(=O)N[C@@H]([C@@H](COCc2ccccc2)OC)C(F)(F)c2ccccn2)cc1-c1ccc(F)cc1. The van der Waals surface area contributed by atoms with E-state index in [9.17, 15) is 9.18 Å². The maximum Gasteiger partial charge on any atom is 0.312 e. The van der Waals surface area contributed by atoms with Gasteiger partial charge < -0.3 is 19.5 Å². The zero-order valence-electron chi connectivity index (χ0n) is 25.6. The largest absolute Gasteiger partial charge is 0.377 e. The summed E-state index contributed by atoms with van der Waals surface area (Å²) in [7, 11) is 2.67. The summed E-state index contributed by atoms with van der Waals surface area (Å²) in [6.45, 7) is -0.234. The Morgan fingerprint density at radius 1 is 0.936 bits per heavy atom. The van der Waals surface area contributed by atoms with Crippen LogP contribution in [0.25, 0.3) is 22.5 Å². The van der Waals surface area contributed by atoms with E-state index < -0.39 is 41.3 Å². The molecule has 8 nitrogen and oxygen atoms in total. The molecule has 2 heterocycles. The Balaban J connectivity index is 1.50. The first-order valence-electron chi connectivity index (χ1n) is 14.6. The second-order valence-electron chi connectivity index (χ2n) is 10.6. The molecule has 3 aromatic carbocycles. The van der Waals surface area contributed by atoms with Gasteiger partial charge in [-0.2, -0.15) is 13.9 Å². The highest BCUT2D eigenvalue weighted by Crippen LogP contribution is 2.35. The predicted octanol–water partition coefficient (Wildman–Crippen LogP) is 6.62. The normalized spacial score (nSPS) is 12.9. The summed E-state index contributed by atoms with van der Waals surface area (Å²) >= 11 is 0. The van der Waals surface area contributed by atoms with Crippen molar-refractivity contribution in [2.24, 2.45) is 0 Å². The molecule has 0 bridgehead atoms. The summed E-state index contributed by atoms with van der Waals surface area (Å²) < 4.78 is 79.4. The number of aromatic nitrogens is 3. The van der Waals surface area contributed by atoms with Gasteiger partial charge in [-0.15, -0.1) is 0 Å². The third-order valence-corrected chi connectivity index (χ3v) is 7.44. The lowest BCUT2D eigenvalue weighted by Gasteiger charge is -2.33. The van der Waals surface area contributed by atoms with Crippen LogP contribution in [0.2, 0.25) is 0 Å². The molecule has 2 atom stereocenters. The van der Waals surface area contributed by atoms with Crippen molar-refractivity contribution >= 4 is 5.91 Å². The number of amides is 1. The van der Waals surface area contributed by atoms with E-state index >= 15 is 13.2 Å². The van der Waals surface area contributed by atoms with Crippen molar-refractivity contribution < 1.29 is 36.6 Å². The minimum Gasteiger partial charge on any atom is -0.377 e. The average molecular weight is 649 g/mol. The monoisotopic (exact) mass is 648 g/mol. The highest BCUT2D eigenvalue weighted by atomic mass is 19.3. The lowest BCUT2D eigenvalue weighted by Crippen LogP contribution is -2.55. The minimum atomic E-state index is -3.74. The lowest BCUT2D eigenvalue weighted by molar-refractivity contribution is -0.113. The van der Waals surface area contributed by atoms with Crippen LogP contribution in [0.5, 0.6) is 0 Å². The maximum atomic E-state index is 16.2. The van der Waals surface area contributed by atoms with Gasteiger partial charge in [0, 0.05) is 26.0 Å². The number of methoxy groups -OCH3 is 2. The van der Waals surface area contributed by atoms with Crippen LogP contribution in [-0.2, 0) is 33.5 Å². The van der Waals surface area contributed by atoms with Gasteiger partial charge in [0.05, 0.1) is 35.7 Å². The molecular weight excluding hydrogens is 616 g/mol. The van der Waals surface area contributed by atoms with Crippen LogP contribution in [0.4, 0.5) is 17.6 Å². The summed E-state index contributed by atoms with van der Waals surface area (Å²) in [5.74, 6) is -6.00. The summed E-state index contributed by atoms with van der Waals surface area (Å²) in [6.07, 6.45) is -0.127. The van der Waals surface area contributed by atoms with Crippen LogP contribution in [0, 0.1) is 11.6 Å². The van der Waals surface area contributed by atoms with Gasteiger partial charge in [-0.3, -0.25) is 9.78 Å². The minimum absolute atomic E-state index is 0.0344. The van der Waals surface area contributed by atoms with E-state index in [4.69, 9.17) is 14.2 Å². The molecule has 0 unspecified atom stereocenters. The quantitative estimate of drug-likeness (QED) is 0.136. The molecule has 1 amide bonds. The van der Waals surface area contributed by atoms with Crippen LogP contribution >= 0.6 is 0 Å². The third kappa shape index (κ3) is 7.74. The summed E-state index contributed by atoms with van der Waals surface area (Å²) in [5.41, 5.74) is 0.780. The molecule has 244 valence electrons. The maximum absolute atomic E-state index is 16.2. The highest BCUT2D eigenvalue weighted by molar-refractivity contribution is 6.01. The lowest BCUT2D eigenvalue weighted by atomic mass is 9.97. The number of alkyl halides is 2. The number of rotatable bonds is 14.